The Morgan fingerprint density at radius 2 is 1.82 bits per heavy atom. The third-order valence-electron chi connectivity index (χ3n) is 2.48. The van der Waals surface area contributed by atoms with Crippen LogP contribution in [-0.4, -0.2) is 18.2 Å². The average molecular weight is 233 g/mol. The standard InChI is InChI=1S/C14H19NO2/c1-2-11-15-14(17)10-6-9-13(16)12-7-4-3-5-8-12/h3-5,7-8H,2,6,9-11H2,1H3,(H,15,17). The predicted molar refractivity (Wildman–Crippen MR) is 67.9 cm³/mol. The summed E-state index contributed by atoms with van der Waals surface area (Å²) in [4.78, 5) is 23.0. The van der Waals surface area contributed by atoms with Gasteiger partial charge in [-0.25, -0.2) is 0 Å². The van der Waals surface area contributed by atoms with Gasteiger partial charge in [0.2, 0.25) is 5.91 Å². The van der Waals surface area contributed by atoms with Gasteiger partial charge in [-0.05, 0) is 12.8 Å². The second-order valence-corrected chi connectivity index (χ2v) is 3.99. The number of hydrogen-bond acceptors (Lipinski definition) is 2. The van der Waals surface area contributed by atoms with E-state index in [0.717, 1.165) is 12.0 Å². The highest BCUT2D eigenvalue weighted by Gasteiger charge is 2.06. The minimum absolute atomic E-state index is 0.0349. The van der Waals surface area contributed by atoms with E-state index in [2.05, 4.69) is 5.32 Å². The number of benzene rings is 1. The Bertz CT molecular complexity index is 360. The summed E-state index contributed by atoms with van der Waals surface area (Å²) in [5.74, 6) is 0.140. The lowest BCUT2D eigenvalue weighted by Crippen LogP contribution is -2.23. The van der Waals surface area contributed by atoms with Crippen LogP contribution in [0.1, 0.15) is 43.0 Å². The van der Waals surface area contributed by atoms with Crippen molar-refractivity contribution in [2.45, 2.75) is 32.6 Å². The number of ketones is 1. The monoisotopic (exact) mass is 233 g/mol. The smallest absolute Gasteiger partial charge is 0.220 e. The van der Waals surface area contributed by atoms with Gasteiger partial charge in [0.05, 0.1) is 0 Å². The van der Waals surface area contributed by atoms with E-state index in [1.807, 2.05) is 25.1 Å². The Hall–Kier alpha value is -1.64. The lowest BCUT2D eigenvalue weighted by atomic mass is 10.1. The van der Waals surface area contributed by atoms with Crippen molar-refractivity contribution in [2.24, 2.45) is 0 Å². The first-order chi connectivity index (χ1) is 8.24. The van der Waals surface area contributed by atoms with E-state index in [4.69, 9.17) is 0 Å². The van der Waals surface area contributed by atoms with Crippen molar-refractivity contribution in [1.29, 1.82) is 0 Å². The van der Waals surface area contributed by atoms with Crippen molar-refractivity contribution in [2.75, 3.05) is 6.54 Å². The molecule has 0 aromatic heterocycles. The summed E-state index contributed by atoms with van der Waals surface area (Å²) in [5, 5.41) is 2.80. The Labute approximate surface area is 102 Å². The van der Waals surface area contributed by atoms with Gasteiger partial charge < -0.3 is 5.32 Å². The lowest BCUT2D eigenvalue weighted by molar-refractivity contribution is -0.121. The normalized spacial score (nSPS) is 9.94. The molecule has 1 rings (SSSR count). The minimum atomic E-state index is 0.0349. The zero-order valence-electron chi connectivity index (χ0n) is 10.2. The number of hydrogen-bond donors (Lipinski definition) is 1. The van der Waals surface area contributed by atoms with Gasteiger partial charge in [0.15, 0.2) is 5.78 Å². The van der Waals surface area contributed by atoms with Gasteiger partial charge in [0, 0.05) is 24.9 Å². The lowest BCUT2D eigenvalue weighted by Gasteiger charge is -2.03. The van der Waals surface area contributed by atoms with Gasteiger partial charge in [-0.3, -0.25) is 9.59 Å². The van der Waals surface area contributed by atoms with E-state index < -0.39 is 0 Å². The number of Topliss-reactive ketones (excluding diaryl/α,β-unsaturated/α-hetero) is 1. The number of carbonyl (C=O) groups excluding carboxylic acids is 2. The molecule has 92 valence electrons. The molecule has 0 heterocycles. The maximum absolute atomic E-state index is 11.7. The van der Waals surface area contributed by atoms with Crippen molar-refractivity contribution < 1.29 is 9.59 Å². The van der Waals surface area contributed by atoms with Gasteiger partial charge >= 0.3 is 0 Å². The average Bonchev–Trinajstić information content (AvgIpc) is 2.37. The van der Waals surface area contributed by atoms with Crippen molar-refractivity contribution >= 4 is 11.7 Å². The molecule has 0 unspecified atom stereocenters. The molecular formula is C14H19NO2. The predicted octanol–water partition coefficient (Wildman–Crippen LogP) is 2.57. The van der Waals surface area contributed by atoms with Gasteiger partial charge in [-0.1, -0.05) is 37.3 Å². The highest BCUT2D eigenvalue weighted by molar-refractivity contribution is 5.96. The van der Waals surface area contributed by atoms with Crippen LogP contribution in [0, 0.1) is 0 Å². The Morgan fingerprint density at radius 1 is 1.12 bits per heavy atom. The third kappa shape index (κ3) is 5.29. The minimum Gasteiger partial charge on any atom is -0.356 e. The van der Waals surface area contributed by atoms with Crippen molar-refractivity contribution in [3.05, 3.63) is 35.9 Å². The molecule has 1 aromatic rings. The van der Waals surface area contributed by atoms with E-state index >= 15 is 0 Å². The highest BCUT2D eigenvalue weighted by Crippen LogP contribution is 2.06. The molecule has 0 saturated carbocycles. The number of nitrogens with one attached hydrogen (secondary N) is 1. The summed E-state index contributed by atoms with van der Waals surface area (Å²) in [5.41, 5.74) is 0.724. The van der Waals surface area contributed by atoms with Crippen LogP contribution in [-0.2, 0) is 4.79 Å². The molecule has 1 N–H and O–H groups in total. The molecule has 1 amide bonds. The molecule has 3 heteroatoms. The first kappa shape index (κ1) is 13.4. The van der Waals surface area contributed by atoms with E-state index in [-0.39, 0.29) is 11.7 Å². The maximum Gasteiger partial charge on any atom is 0.220 e. The maximum atomic E-state index is 11.7. The van der Waals surface area contributed by atoms with E-state index in [9.17, 15) is 9.59 Å². The molecule has 0 spiro atoms. The van der Waals surface area contributed by atoms with Crippen LogP contribution >= 0.6 is 0 Å². The topological polar surface area (TPSA) is 46.2 Å². The molecule has 0 aliphatic carbocycles. The molecule has 0 aliphatic rings. The largest absolute Gasteiger partial charge is 0.356 e. The molecule has 3 nitrogen and oxygen atoms in total. The summed E-state index contributed by atoms with van der Waals surface area (Å²) in [6, 6.07) is 9.19. The Kier molecular flexibility index (Phi) is 6.00. The second-order valence-electron chi connectivity index (χ2n) is 3.99. The fourth-order valence-corrected chi connectivity index (χ4v) is 1.53. The molecule has 0 radical (unpaired) electrons. The number of rotatable bonds is 7. The van der Waals surface area contributed by atoms with Crippen molar-refractivity contribution in [3.8, 4) is 0 Å². The Morgan fingerprint density at radius 3 is 2.47 bits per heavy atom. The quantitative estimate of drug-likeness (QED) is 0.736. The van der Waals surface area contributed by atoms with Crippen molar-refractivity contribution in [3.63, 3.8) is 0 Å². The summed E-state index contributed by atoms with van der Waals surface area (Å²) >= 11 is 0. The van der Waals surface area contributed by atoms with Crippen LogP contribution in [0.2, 0.25) is 0 Å². The highest BCUT2D eigenvalue weighted by atomic mass is 16.1. The number of carbonyl (C=O) groups is 2. The second kappa shape index (κ2) is 7.60. The molecule has 0 atom stereocenters. The third-order valence-corrected chi connectivity index (χ3v) is 2.48. The summed E-state index contributed by atoms with van der Waals surface area (Å²) in [6.07, 6.45) is 2.42. The molecular weight excluding hydrogens is 214 g/mol. The van der Waals surface area contributed by atoms with Gasteiger partial charge in [0.1, 0.15) is 0 Å². The molecule has 0 bridgehead atoms. The molecule has 0 fully saturated rings. The fraction of sp³-hybridized carbons (Fsp3) is 0.429. The molecule has 17 heavy (non-hydrogen) atoms. The fourth-order valence-electron chi connectivity index (χ4n) is 1.53. The summed E-state index contributed by atoms with van der Waals surface area (Å²) < 4.78 is 0. The zero-order chi connectivity index (χ0) is 12.5. The van der Waals surface area contributed by atoms with E-state index in [1.165, 1.54) is 0 Å². The molecule has 0 aliphatic heterocycles. The molecule has 0 saturated heterocycles. The van der Waals surface area contributed by atoms with Gasteiger partial charge in [0.25, 0.3) is 0 Å². The first-order valence-electron chi connectivity index (χ1n) is 6.09. The first-order valence-corrected chi connectivity index (χ1v) is 6.09. The summed E-state index contributed by atoms with van der Waals surface area (Å²) in [6.45, 7) is 2.73. The van der Waals surface area contributed by atoms with Crippen LogP contribution in [0.3, 0.4) is 0 Å². The summed E-state index contributed by atoms with van der Waals surface area (Å²) in [7, 11) is 0. The van der Waals surface area contributed by atoms with Crippen LogP contribution < -0.4 is 5.32 Å². The van der Waals surface area contributed by atoms with Crippen LogP contribution in [0.25, 0.3) is 0 Å². The van der Waals surface area contributed by atoms with Crippen LogP contribution in [0.15, 0.2) is 30.3 Å². The van der Waals surface area contributed by atoms with E-state index in [1.54, 1.807) is 12.1 Å². The van der Waals surface area contributed by atoms with Crippen LogP contribution in [0.4, 0.5) is 0 Å². The number of amides is 1. The SMILES string of the molecule is CCCNC(=O)CCCC(=O)c1ccccc1. The van der Waals surface area contributed by atoms with Gasteiger partial charge in [-0.15, -0.1) is 0 Å². The molecule has 1 aromatic carbocycles. The Balaban J connectivity index is 2.23. The van der Waals surface area contributed by atoms with E-state index in [0.29, 0.717) is 25.8 Å². The van der Waals surface area contributed by atoms with Crippen LogP contribution in [0.5, 0.6) is 0 Å². The van der Waals surface area contributed by atoms with Crippen molar-refractivity contribution in [1.82, 2.24) is 5.32 Å². The zero-order valence-corrected chi connectivity index (χ0v) is 10.2. The van der Waals surface area contributed by atoms with Gasteiger partial charge in [-0.2, -0.15) is 0 Å².